The van der Waals surface area contributed by atoms with Gasteiger partial charge in [0.25, 0.3) is 0 Å². The minimum atomic E-state index is -1.14. The molecule has 1 atom stereocenters. The van der Waals surface area contributed by atoms with Crippen LogP contribution in [0.2, 0.25) is 0 Å². The van der Waals surface area contributed by atoms with Gasteiger partial charge in [-0.25, -0.2) is 9.18 Å². The first-order valence-electron chi connectivity index (χ1n) is 4.44. The molecule has 0 radical (unpaired) electrons. The van der Waals surface area contributed by atoms with Gasteiger partial charge in [-0.1, -0.05) is 0 Å². The summed E-state index contributed by atoms with van der Waals surface area (Å²) in [4.78, 5) is 10.8. The Bertz CT molecular complexity index is 387. The molecule has 1 aliphatic heterocycles. The minimum Gasteiger partial charge on any atom is -0.490 e. The van der Waals surface area contributed by atoms with Crippen molar-refractivity contribution >= 4 is 5.97 Å². The van der Waals surface area contributed by atoms with Crippen LogP contribution in [0.1, 0.15) is 10.4 Å². The number of halogens is 1. The Morgan fingerprint density at radius 2 is 2.40 bits per heavy atom. The van der Waals surface area contributed by atoms with Gasteiger partial charge in [-0.15, -0.1) is 0 Å². The molecule has 4 nitrogen and oxygen atoms in total. The summed E-state index contributed by atoms with van der Waals surface area (Å²) in [6.07, 6.45) is 0.00918. The maximum Gasteiger partial charge on any atom is 0.339 e. The number of aromatic carboxylic acids is 1. The molecule has 0 aromatic heterocycles. The molecule has 1 aromatic carbocycles. The smallest absolute Gasteiger partial charge is 0.339 e. The van der Waals surface area contributed by atoms with Crippen LogP contribution < -0.4 is 4.74 Å². The highest BCUT2D eigenvalue weighted by atomic mass is 19.1. The van der Waals surface area contributed by atoms with Crippen LogP contribution >= 0.6 is 0 Å². The Balaban J connectivity index is 2.16. The molecule has 1 N–H and O–H groups in total. The van der Waals surface area contributed by atoms with Crippen molar-refractivity contribution < 1.29 is 23.8 Å². The molecular weight excluding hydrogens is 203 g/mol. The van der Waals surface area contributed by atoms with E-state index in [4.69, 9.17) is 14.6 Å². The molecule has 1 saturated heterocycles. The first kappa shape index (κ1) is 9.92. The van der Waals surface area contributed by atoms with Crippen LogP contribution in [0.5, 0.6) is 5.75 Å². The van der Waals surface area contributed by atoms with Crippen LogP contribution in [0.15, 0.2) is 18.2 Å². The molecule has 1 heterocycles. The van der Waals surface area contributed by atoms with Gasteiger partial charge in [-0.05, 0) is 12.1 Å². The Kier molecular flexibility index (Phi) is 2.55. The molecule has 0 saturated carbocycles. The molecule has 0 aliphatic carbocycles. The van der Waals surface area contributed by atoms with E-state index < -0.39 is 11.8 Å². The van der Waals surface area contributed by atoms with Crippen LogP contribution in [-0.4, -0.2) is 30.4 Å². The van der Waals surface area contributed by atoms with Crippen molar-refractivity contribution in [2.75, 3.05) is 13.2 Å². The van der Waals surface area contributed by atoms with E-state index in [1.165, 1.54) is 6.07 Å². The van der Waals surface area contributed by atoms with Gasteiger partial charge in [0.2, 0.25) is 0 Å². The van der Waals surface area contributed by atoms with E-state index in [0.717, 1.165) is 12.1 Å². The highest BCUT2D eigenvalue weighted by molar-refractivity contribution is 5.90. The van der Waals surface area contributed by atoms with Crippen molar-refractivity contribution in [1.29, 1.82) is 0 Å². The monoisotopic (exact) mass is 212 g/mol. The average molecular weight is 212 g/mol. The van der Waals surface area contributed by atoms with Crippen LogP contribution in [0.4, 0.5) is 4.39 Å². The van der Waals surface area contributed by atoms with E-state index in [1.807, 2.05) is 0 Å². The minimum absolute atomic E-state index is 0.00918. The van der Waals surface area contributed by atoms with Crippen LogP contribution in [0.25, 0.3) is 0 Å². The summed E-state index contributed by atoms with van der Waals surface area (Å²) in [5.74, 6) is -1.62. The number of rotatable bonds is 4. The molecule has 2 rings (SSSR count). The third-order valence-corrected chi connectivity index (χ3v) is 2.00. The maximum atomic E-state index is 12.8. The second-order valence-corrected chi connectivity index (χ2v) is 3.21. The lowest BCUT2D eigenvalue weighted by Gasteiger charge is -2.07. The average Bonchev–Trinajstić information content (AvgIpc) is 2.97. The molecular formula is C10H9FO4. The molecule has 1 aromatic rings. The summed E-state index contributed by atoms with van der Waals surface area (Å²) in [7, 11) is 0. The number of hydrogen-bond donors (Lipinski definition) is 1. The van der Waals surface area contributed by atoms with E-state index in [1.54, 1.807) is 0 Å². The largest absolute Gasteiger partial charge is 0.490 e. The SMILES string of the molecule is O=C(O)c1ccc(F)cc1OC[C@@H]1CO1. The van der Waals surface area contributed by atoms with Crippen molar-refractivity contribution in [2.24, 2.45) is 0 Å². The molecule has 15 heavy (non-hydrogen) atoms. The summed E-state index contributed by atoms with van der Waals surface area (Å²) in [6, 6.07) is 3.33. The zero-order chi connectivity index (χ0) is 10.8. The Morgan fingerprint density at radius 3 is 3.00 bits per heavy atom. The fourth-order valence-corrected chi connectivity index (χ4v) is 1.14. The summed E-state index contributed by atoms with van der Waals surface area (Å²) < 4.78 is 22.9. The zero-order valence-electron chi connectivity index (χ0n) is 7.77. The summed E-state index contributed by atoms with van der Waals surface area (Å²) in [5.41, 5.74) is -0.0444. The predicted molar refractivity (Wildman–Crippen MR) is 48.6 cm³/mol. The van der Waals surface area contributed by atoms with E-state index >= 15 is 0 Å². The second kappa shape index (κ2) is 3.86. The summed E-state index contributed by atoms with van der Waals surface area (Å²) in [5, 5.41) is 8.80. The first-order chi connectivity index (χ1) is 7.16. The summed E-state index contributed by atoms with van der Waals surface area (Å²) in [6.45, 7) is 0.863. The highest BCUT2D eigenvalue weighted by Crippen LogP contribution is 2.21. The van der Waals surface area contributed by atoms with Gasteiger partial charge < -0.3 is 14.6 Å². The van der Waals surface area contributed by atoms with Gasteiger partial charge in [0.15, 0.2) is 0 Å². The quantitative estimate of drug-likeness (QED) is 0.764. The van der Waals surface area contributed by atoms with Crippen LogP contribution in [0, 0.1) is 5.82 Å². The fourth-order valence-electron chi connectivity index (χ4n) is 1.14. The number of carboxylic acid groups (broad SMARTS) is 1. The molecule has 1 fully saturated rings. The van der Waals surface area contributed by atoms with Gasteiger partial charge >= 0.3 is 5.97 Å². The van der Waals surface area contributed by atoms with E-state index in [-0.39, 0.29) is 24.0 Å². The van der Waals surface area contributed by atoms with Crippen molar-refractivity contribution in [2.45, 2.75) is 6.10 Å². The van der Waals surface area contributed by atoms with Gasteiger partial charge in [-0.3, -0.25) is 0 Å². The Morgan fingerprint density at radius 1 is 1.67 bits per heavy atom. The number of carbonyl (C=O) groups is 1. The van der Waals surface area contributed by atoms with Gasteiger partial charge in [0.1, 0.15) is 29.8 Å². The van der Waals surface area contributed by atoms with Crippen molar-refractivity contribution in [3.05, 3.63) is 29.6 Å². The lowest BCUT2D eigenvalue weighted by Crippen LogP contribution is -2.08. The number of ether oxygens (including phenoxy) is 2. The third-order valence-electron chi connectivity index (χ3n) is 2.00. The number of epoxide rings is 1. The molecule has 0 amide bonds. The molecule has 80 valence electrons. The van der Waals surface area contributed by atoms with Gasteiger partial charge in [-0.2, -0.15) is 0 Å². The van der Waals surface area contributed by atoms with Gasteiger partial charge in [0.05, 0.1) is 6.61 Å². The topological polar surface area (TPSA) is 59.1 Å². The highest BCUT2D eigenvalue weighted by Gasteiger charge is 2.24. The van der Waals surface area contributed by atoms with E-state index in [9.17, 15) is 9.18 Å². The lowest BCUT2D eigenvalue weighted by atomic mass is 10.2. The van der Waals surface area contributed by atoms with Crippen molar-refractivity contribution in [3.8, 4) is 5.75 Å². The van der Waals surface area contributed by atoms with Gasteiger partial charge in [0, 0.05) is 6.07 Å². The molecule has 0 unspecified atom stereocenters. The third kappa shape index (κ3) is 2.44. The Hall–Kier alpha value is -1.62. The molecule has 1 aliphatic rings. The van der Waals surface area contributed by atoms with E-state index in [2.05, 4.69) is 0 Å². The fraction of sp³-hybridized carbons (Fsp3) is 0.300. The predicted octanol–water partition coefficient (Wildman–Crippen LogP) is 1.30. The first-order valence-corrected chi connectivity index (χ1v) is 4.44. The molecule has 5 heteroatoms. The molecule has 0 bridgehead atoms. The lowest BCUT2D eigenvalue weighted by molar-refractivity contribution is 0.0691. The van der Waals surface area contributed by atoms with Crippen LogP contribution in [0.3, 0.4) is 0 Å². The van der Waals surface area contributed by atoms with Crippen LogP contribution in [-0.2, 0) is 4.74 Å². The number of carboxylic acids is 1. The standard InChI is InChI=1S/C10H9FO4/c11-6-1-2-8(10(12)13)9(3-6)15-5-7-4-14-7/h1-3,7H,4-5H2,(H,12,13)/t7-/m0/s1. The van der Waals surface area contributed by atoms with Crippen molar-refractivity contribution in [3.63, 3.8) is 0 Å². The Labute approximate surface area is 85.2 Å². The maximum absolute atomic E-state index is 12.8. The summed E-state index contributed by atoms with van der Waals surface area (Å²) >= 11 is 0. The number of hydrogen-bond acceptors (Lipinski definition) is 3. The van der Waals surface area contributed by atoms with E-state index in [0.29, 0.717) is 6.61 Å². The zero-order valence-corrected chi connectivity index (χ0v) is 7.77. The van der Waals surface area contributed by atoms with Crippen molar-refractivity contribution in [1.82, 2.24) is 0 Å². The normalized spacial score (nSPS) is 18.6. The number of benzene rings is 1. The second-order valence-electron chi connectivity index (χ2n) is 3.21. The molecule has 0 spiro atoms.